The summed E-state index contributed by atoms with van der Waals surface area (Å²) in [6, 6.07) is 4.60. The second-order valence-electron chi connectivity index (χ2n) is 10.8. The highest BCUT2D eigenvalue weighted by Crippen LogP contribution is 2.42. The first-order valence-corrected chi connectivity index (χ1v) is 12.5. The molecule has 1 aromatic heterocycles. The van der Waals surface area contributed by atoms with Gasteiger partial charge in [0.15, 0.2) is 0 Å². The maximum Gasteiger partial charge on any atom is 0.407 e. The van der Waals surface area contributed by atoms with E-state index < -0.39 is 42.3 Å². The fourth-order valence-corrected chi connectivity index (χ4v) is 5.02. The number of likely N-dealkylation sites (tertiary alicyclic amines) is 2. The predicted octanol–water partition coefficient (Wildman–Crippen LogP) is 2.37. The molecule has 4 N–H and O–H groups in total. The Kier molecular flexibility index (Phi) is 7.48. The van der Waals surface area contributed by atoms with Gasteiger partial charge in [-0.1, -0.05) is 6.07 Å². The van der Waals surface area contributed by atoms with Gasteiger partial charge in [0.25, 0.3) is 5.92 Å². The highest BCUT2D eigenvalue weighted by molar-refractivity contribution is 5.83. The van der Waals surface area contributed by atoms with E-state index >= 15 is 0 Å². The SMILES string of the molecule is N#CC1(NC(=O)[C@@H](N)CC(F)(F)Cc2cccnc2)CC1.O=C(O)N1CC2(CCN(C3CC3)CC2)C1. The lowest BCUT2D eigenvalue weighted by atomic mass is 9.72. The Labute approximate surface area is 209 Å². The maximum absolute atomic E-state index is 13.9. The lowest BCUT2D eigenvalue weighted by Gasteiger charge is -2.53. The van der Waals surface area contributed by atoms with Gasteiger partial charge in [-0.05, 0) is 63.2 Å². The van der Waals surface area contributed by atoms with Crippen molar-refractivity contribution in [1.29, 1.82) is 5.26 Å². The smallest absolute Gasteiger partial charge is 0.407 e. The topological polar surface area (TPSA) is 136 Å². The number of nitrogens with two attached hydrogens (primary N) is 1. The van der Waals surface area contributed by atoms with Crippen molar-refractivity contribution in [2.45, 2.75) is 74.9 Å². The van der Waals surface area contributed by atoms with Crippen molar-refractivity contribution in [3.05, 3.63) is 30.1 Å². The number of carbonyl (C=O) groups excluding carboxylic acids is 1. The second kappa shape index (κ2) is 10.3. The number of nitriles is 1. The summed E-state index contributed by atoms with van der Waals surface area (Å²) >= 11 is 0. The van der Waals surface area contributed by atoms with Crippen molar-refractivity contribution in [3.63, 3.8) is 0 Å². The minimum atomic E-state index is -3.11. The first kappa shape index (κ1) is 26.2. The monoisotopic (exact) mass is 504 g/mol. The van der Waals surface area contributed by atoms with E-state index in [0.717, 1.165) is 19.1 Å². The van der Waals surface area contributed by atoms with E-state index in [1.165, 1.54) is 51.2 Å². The number of halogens is 2. The molecule has 36 heavy (non-hydrogen) atoms. The van der Waals surface area contributed by atoms with Crippen LogP contribution in [0.15, 0.2) is 24.5 Å². The molecule has 2 saturated heterocycles. The summed E-state index contributed by atoms with van der Waals surface area (Å²) in [6.45, 7) is 3.94. The van der Waals surface area contributed by atoms with Crippen LogP contribution in [-0.2, 0) is 11.2 Å². The molecule has 0 radical (unpaired) electrons. The summed E-state index contributed by atoms with van der Waals surface area (Å²) in [5.41, 5.74) is 5.37. The lowest BCUT2D eigenvalue weighted by molar-refractivity contribution is -0.125. The van der Waals surface area contributed by atoms with Crippen molar-refractivity contribution >= 4 is 12.0 Å². The molecule has 1 aromatic rings. The van der Waals surface area contributed by atoms with Crippen molar-refractivity contribution in [2.24, 2.45) is 11.1 Å². The molecular formula is C25H34F2N6O3. The van der Waals surface area contributed by atoms with Gasteiger partial charge in [-0.3, -0.25) is 9.78 Å². The maximum atomic E-state index is 13.9. The van der Waals surface area contributed by atoms with Gasteiger partial charge in [-0.25, -0.2) is 13.6 Å². The Hall–Kier alpha value is -2.84. The van der Waals surface area contributed by atoms with Crippen LogP contribution in [-0.4, -0.2) is 81.6 Å². The predicted molar refractivity (Wildman–Crippen MR) is 127 cm³/mol. The highest BCUT2D eigenvalue weighted by Gasteiger charge is 2.48. The molecule has 196 valence electrons. The van der Waals surface area contributed by atoms with E-state index in [9.17, 15) is 18.4 Å². The third-order valence-electron chi connectivity index (χ3n) is 7.61. The van der Waals surface area contributed by atoms with E-state index in [1.807, 2.05) is 6.07 Å². The Balaban J connectivity index is 0.000000178. The Morgan fingerprint density at radius 3 is 2.44 bits per heavy atom. The van der Waals surface area contributed by atoms with Gasteiger partial charge in [-0.15, -0.1) is 0 Å². The van der Waals surface area contributed by atoms with Crippen LogP contribution in [0.3, 0.4) is 0 Å². The van der Waals surface area contributed by atoms with E-state index in [2.05, 4.69) is 15.2 Å². The Morgan fingerprint density at radius 2 is 1.94 bits per heavy atom. The zero-order chi connectivity index (χ0) is 26.0. The van der Waals surface area contributed by atoms with Crippen LogP contribution in [0, 0.1) is 16.7 Å². The van der Waals surface area contributed by atoms with E-state index in [0.29, 0.717) is 23.8 Å². The van der Waals surface area contributed by atoms with Gasteiger partial charge in [0.1, 0.15) is 5.54 Å². The zero-order valence-corrected chi connectivity index (χ0v) is 20.3. The Bertz CT molecular complexity index is 977. The van der Waals surface area contributed by atoms with Gasteiger partial charge < -0.3 is 26.0 Å². The number of amides is 2. The van der Waals surface area contributed by atoms with Crippen LogP contribution in [0.4, 0.5) is 13.6 Å². The van der Waals surface area contributed by atoms with Crippen LogP contribution in [0.25, 0.3) is 0 Å². The number of aromatic nitrogens is 1. The molecule has 1 spiro atoms. The number of carboxylic acid groups (broad SMARTS) is 1. The second-order valence-corrected chi connectivity index (χ2v) is 10.8. The average molecular weight is 505 g/mol. The third kappa shape index (κ3) is 6.68. The third-order valence-corrected chi connectivity index (χ3v) is 7.61. The van der Waals surface area contributed by atoms with Crippen molar-refractivity contribution in [1.82, 2.24) is 20.1 Å². The molecule has 4 aliphatic rings. The average Bonchev–Trinajstić information content (AvgIpc) is 3.74. The van der Waals surface area contributed by atoms with Crippen LogP contribution in [0.2, 0.25) is 0 Å². The van der Waals surface area contributed by atoms with Crippen molar-refractivity contribution in [2.75, 3.05) is 26.2 Å². The molecule has 9 nitrogen and oxygen atoms in total. The number of alkyl halides is 2. The van der Waals surface area contributed by atoms with Crippen molar-refractivity contribution < 1.29 is 23.5 Å². The number of nitrogens with one attached hydrogen (secondary N) is 1. The highest BCUT2D eigenvalue weighted by atomic mass is 19.3. The summed E-state index contributed by atoms with van der Waals surface area (Å²) in [4.78, 5) is 30.4. The van der Waals surface area contributed by atoms with Crippen LogP contribution >= 0.6 is 0 Å². The summed E-state index contributed by atoms with van der Waals surface area (Å²) in [6.07, 6.45) is 7.06. The fourth-order valence-electron chi connectivity index (χ4n) is 5.02. The summed E-state index contributed by atoms with van der Waals surface area (Å²) < 4.78 is 27.8. The number of pyridine rings is 1. The van der Waals surface area contributed by atoms with Gasteiger partial charge in [0, 0.05) is 49.8 Å². The number of rotatable bonds is 7. The zero-order valence-electron chi connectivity index (χ0n) is 20.3. The molecule has 2 aliphatic carbocycles. The Morgan fingerprint density at radius 1 is 1.28 bits per heavy atom. The molecular weight excluding hydrogens is 470 g/mol. The lowest BCUT2D eigenvalue weighted by Crippen LogP contribution is -2.61. The number of hydrogen-bond donors (Lipinski definition) is 3. The number of piperidine rings is 1. The van der Waals surface area contributed by atoms with Crippen LogP contribution in [0.5, 0.6) is 0 Å². The van der Waals surface area contributed by atoms with E-state index in [4.69, 9.17) is 16.1 Å². The molecule has 2 amide bonds. The van der Waals surface area contributed by atoms with E-state index in [1.54, 1.807) is 17.0 Å². The standard InChI is InChI=1S/C14H16F2N4O.C11H18N2O2/c15-14(16,6-10-2-1-5-19-8-10)7-11(18)12(21)20-13(9-17)3-4-13;14-10(15)13-7-11(8-13)3-5-12(6-4-11)9-1-2-9/h1-2,5,8,11H,3-4,6-7,18H2,(H,20,21);9H,1-8H2,(H,14,15)/t11-;/m0./s1. The molecule has 0 aromatic carbocycles. The molecule has 4 fully saturated rings. The first-order valence-electron chi connectivity index (χ1n) is 12.5. The molecule has 0 bridgehead atoms. The fraction of sp³-hybridized carbons (Fsp3) is 0.680. The molecule has 3 heterocycles. The van der Waals surface area contributed by atoms with Crippen LogP contribution in [0.1, 0.15) is 50.5 Å². The molecule has 11 heteroatoms. The normalized spacial score (nSPS) is 22.9. The summed E-state index contributed by atoms with van der Waals surface area (Å²) in [5.74, 6) is -3.82. The number of nitrogens with zero attached hydrogens (tertiary/aromatic N) is 4. The van der Waals surface area contributed by atoms with Crippen molar-refractivity contribution in [3.8, 4) is 6.07 Å². The van der Waals surface area contributed by atoms with Gasteiger partial charge >= 0.3 is 6.09 Å². The van der Waals surface area contributed by atoms with Gasteiger partial charge in [0.2, 0.25) is 5.91 Å². The quantitative estimate of drug-likeness (QED) is 0.519. The summed E-state index contributed by atoms with van der Waals surface area (Å²) in [7, 11) is 0. The molecule has 1 atom stereocenters. The largest absolute Gasteiger partial charge is 0.465 e. The minimum Gasteiger partial charge on any atom is -0.465 e. The van der Waals surface area contributed by atoms with Crippen LogP contribution < -0.4 is 11.1 Å². The molecule has 2 aliphatic heterocycles. The molecule has 0 unspecified atom stereocenters. The van der Waals surface area contributed by atoms with Gasteiger partial charge in [0.05, 0.1) is 12.1 Å². The summed E-state index contributed by atoms with van der Waals surface area (Å²) in [5, 5.41) is 20.1. The first-order chi connectivity index (χ1) is 17.0. The van der Waals surface area contributed by atoms with Gasteiger partial charge in [-0.2, -0.15) is 5.26 Å². The molecule has 5 rings (SSSR count). The number of carbonyl (C=O) groups is 2. The minimum absolute atomic E-state index is 0.351. The molecule has 2 saturated carbocycles. The van der Waals surface area contributed by atoms with E-state index in [-0.39, 0.29) is 0 Å². The number of hydrogen-bond acceptors (Lipinski definition) is 6.